The molecule has 0 aliphatic heterocycles. The normalized spacial score (nSPS) is 16.0. The van der Waals surface area contributed by atoms with Gasteiger partial charge in [-0.25, -0.2) is 4.39 Å². The Morgan fingerprint density at radius 2 is 1.79 bits per heavy atom. The average Bonchev–Trinajstić information content (AvgIpc) is 2.22. The van der Waals surface area contributed by atoms with Gasteiger partial charge in [0.15, 0.2) is 0 Å². The van der Waals surface area contributed by atoms with Crippen molar-refractivity contribution in [1.82, 2.24) is 5.32 Å². The summed E-state index contributed by atoms with van der Waals surface area (Å²) in [5.74, 6) is -1.91. The van der Waals surface area contributed by atoms with Crippen molar-refractivity contribution in [2.75, 3.05) is 40.3 Å². The number of carbonyl (C=O) groups is 1. The fourth-order valence-electron chi connectivity index (χ4n) is 1.33. The number of amides is 1. The van der Waals surface area contributed by atoms with Crippen LogP contribution in [0.2, 0.25) is 0 Å². The Morgan fingerprint density at radius 1 is 1.26 bits per heavy atom. The Morgan fingerprint density at radius 3 is 2.21 bits per heavy atom. The zero-order valence-electron chi connectivity index (χ0n) is 10.7. The molecule has 0 rings (SSSR count). The zero-order chi connectivity index (χ0) is 15.3. The van der Waals surface area contributed by atoms with E-state index < -0.39 is 17.2 Å². The van der Waals surface area contributed by atoms with Gasteiger partial charge in [-0.2, -0.15) is 13.2 Å². The molecule has 2 N–H and O–H groups in total. The van der Waals surface area contributed by atoms with Gasteiger partial charge >= 0.3 is 11.3 Å². The first kappa shape index (κ1) is 18.4. The molecule has 1 atom stereocenters. The van der Waals surface area contributed by atoms with Crippen molar-refractivity contribution in [1.29, 1.82) is 0 Å². The van der Waals surface area contributed by atoms with E-state index in [0.29, 0.717) is 24.0 Å². The van der Waals surface area contributed by atoms with Crippen LogP contribution >= 0.6 is 11.6 Å². The number of quaternary nitrogens is 1. The van der Waals surface area contributed by atoms with Crippen LogP contribution in [0, 0.1) is 0 Å². The summed E-state index contributed by atoms with van der Waals surface area (Å²) in [4.78, 5) is 11.0. The van der Waals surface area contributed by atoms with E-state index in [1.807, 2.05) is 14.1 Å². The van der Waals surface area contributed by atoms with Crippen LogP contribution in [-0.4, -0.2) is 67.1 Å². The van der Waals surface area contributed by atoms with Crippen molar-refractivity contribution in [3.63, 3.8) is 0 Å². The van der Waals surface area contributed by atoms with Crippen LogP contribution in [-0.2, 0) is 4.79 Å². The van der Waals surface area contributed by atoms with Crippen LogP contribution in [0.25, 0.3) is 0 Å². The Balaban J connectivity index is 4.13. The molecule has 0 aromatic heterocycles. The fourth-order valence-corrected chi connectivity index (χ4v) is 1.40. The molecular weight excluding hydrogens is 292 g/mol. The SMILES string of the molecule is C[N+](C)(CCO)CCCNC(=O)C(F)(Cl)C(F)(F)F. The van der Waals surface area contributed by atoms with Crippen LogP contribution in [0.3, 0.4) is 0 Å². The zero-order valence-corrected chi connectivity index (χ0v) is 11.5. The molecule has 0 bridgehead atoms. The number of nitrogens with zero attached hydrogens (tertiary/aromatic N) is 1. The maximum Gasteiger partial charge on any atom is 0.446 e. The minimum atomic E-state index is -5.45. The predicted octanol–water partition coefficient (Wildman–Crippen LogP) is 1.03. The summed E-state index contributed by atoms with van der Waals surface area (Å²) in [6.45, 7) is 0.830. The molecule has 4 nitrogen and oxygen atoms in total. The van der Waals surface area contributed by atoms with Gasteiger partial charge in [-0.1, -0.05) is 11.6 Å². The van der Waals surface area contributed by atoms with Gasteiger partial charge in [-0.15, -0.1) is 0 Å². The molecule has 0 saturated carbocycles. The van der Waals surface area contributed by atoms with E-state index in [4.69, 9.17) is 5.11 Å². The topological polar surface area (TPSA) is 49.3 Å². The van der Waals surface area contributed by atoms with Gasteiger partial charge in [0.25, 0.3) is 5.91 Å². The van der Waals surface area contributed by atoms with Crippen molar-refractivity contribution in [3.05, 3.63) is 0 Å². The molecule has 0 spiro atoms. The summed E-state index contributed by atoms with van der Waals surface area (Å²) in [5, 5.41) is 6.17. The van der Waals surface area contributed by atoms with Crippen LogP contribution in [0.5, 0.6) is 0 Å². The van der Waals surface area contributed by atoms with E-state index in [9.17, 15) is 22.4 Å². The summed E-state index contributed by atoms with van der Waals surface area (Å²) in [7, 11) is 3.63. The first-order valence-electron chi connectivity index (χ1n) is 5.60. The van der Waals surface area contributed by atoms with E-state index in [2.05, 4.69) is 11.6 Å². The number of likely N-dealkylation sites (N-methyl/N-ethyl adjacent to an activating group) is 1. The third-order valence-corrected chi connectivity index (χ3v) is 2.96. The van der Waals surface area contributed by atoms with Gasteiger partial charge in [0.1, 0.15) is 6.54 Å². The second kappa shape index (κ2) is 6.71. The third-order valence-electron chi connectivity index (χ3n) is 2.57. The first-order valence-corrected chi connectivity index (χ1v) is 5.97. The summed E-state index contributed by atoms with van der Waals surface area (Å²) in [6, 6.07) is 0. The van der Waals surface area contributed by atoms with Gasteiger partial charge in [0.05, 0.1) is 27.2 Å². The summed E-state index contributed by atoms with van der Waals surface area (Å²) < 4.78 is 49.7. The van der Waals surface area contributed by atoms with Gasteiger partial charge in [-0.3, -0.25) is 4.79 Å². The van der Waals surface area contributed by atoms with Crippen LogP contribution in [0.1, 0.15) is 6.42 Å². The first-order chi connectivity index (χ1) is 8.44. The van der Waals surface area contributed by atoms with Crippen molar-refractivity contribution >= 4 is 17.5 Å². The number of alkyl halides is 5. The van der Waals surface area contributed by atoms with E-state index in [-0.39, 0.29) is 13.2 Å². The lowest BCUT2D eigenvalue weighted by atomic mass is 10.3. The fraction of sp³-hybridized carbons (Fsp3) is 0.900. The molecule has 19 heavy (non-hydrogen) atoms. The molecule has 0 heterocycles. The van der Waals surface area contributed by atoms with Gasteiger partial charge in [-0.05, 0) is 0 Å². The molecule has 0 saturated heterocycles. The molecular formula is C10H18ClF4N2O2+. The van der Waals surface area contributed by atoms with Crippen molar-refractivity contribution in [3.8, 4) is 0 Å². The highest BCUT2D eigenvalue weighted by atomic mass is 35.5. The number of hydrogen-bond acceptors (Lipinski definition) is 2. The Kier molecular flexibility index (Phi) is 6.50. The molecule has 1 unspecified atom stereocenters. The standard InChI is InChI=1S/C10H17ClF4N2O2/c1-17(2,6-7-18)5-3-4-16-8(19)9(11,12)10(13,14)15/h18H,3-7H2,1-2H3/p+1. The monoisotopic (exact) mass is 309 g/mol. The Labute approximate surface area is 113 Å². The van der Waals surface area contributed by atoms with Crippen molar-refractivity contribution in [2.45, 2.75) is 17.7 Å². The van der Waals surface area contributed by atoms with Gasteiger partial charge < -0.3 is 14.9 Å². The van der Waals surface area contributed by atoms with Crippen LogP contribution < -0.4 is 5.32 Å². The molecule has 0 aromatic rings. The third kappa shape index (κ3) is 5.92. The van der Waals surface area contributed by atoms with E-state index in [1.54, 1.807) is 5.32 Å². The van der Waals surface area contributed by atoms with E-state index >= 15 is 0 Å². The molecule has 0 radical (unpaired) electrons. The number of halogens is 5. The highest BCUT2D eigenvalue weighted by molar-refractivity contribution is 6.34. The maximum absolute atomic E-state index is 13.0. The lowest BCUT2D eigenvalue weighted by molar-refractivity contribution is -0.890. The van der Waals surface area contributed by atoms with E-state index in [0.717, 1.165) is 0 Å². The number of rotatable bonds is 7. The Hall–Kier alpha value is -0.600. The van der Waals surface area contributed by atoms with E-state index in [1.165, 1.54) is 0 Å². The summed E-state index contributed by atoms with van der Waals surface area (Å²) in [5.41, 5.74) is 0. The minimum Gasteiger partial charge on any atom is -0.391 e. The summed E-state index contributed by atoms with van der Waals surface area (Å²) in [6.07, 6.45) is -5.12. The average molecular weight is 310 g/mol. The number of carbonyl (C=O) groups excluding carboxylic acids is 1. The molecule has 114 valence electrons. The van der Waals surface area contributed by atoms with Gasteiger partial charge in [0, 0.05) is 13.0 Å². The second-order valence-corrected chi connectivity index (χ2v) is 5.31. The number of hydrogen-bond donors (Lipinski definition) is 2. The summed E-state index contributed by atoms with van der Waals surface area (Å²) >= 11 is 4.54. The minimum absolute atomic E-state index is 0.0251. The Bertz CT molecular complexity index is 308. The second-order valence-electron chi connectivity index (χ2n) is 4.79. The molecule has 0 aliphatic rings. The number of aliphatic hydroxyl groups is 1. The maximum atomic E-state index is 13.0. The lowest BCUT2D eigenvalue weighted by Gasteiger charge is -2.29. The molecule has 0 aromatic carbocycles. The van der Waals surface area contributed by atoms with Crippen molar-refractivity contribution < 1.29 is 31.9 Å². The smallest absolute Gasteiger partial charge is 0.391 e. The highest BCUT2D eigenvalue weighted by Crippen LogP contribution is 2.37. The highest BCUT2D eigenvalue weighted by Gasteiger charge is 2.60. The predicted molar refractivity (Wildman–Crippen MR) is 62.3 cm³/mol. The van der Waals surface area contributed by atoms with Crippen LogP contribution in [0.15, 0.2) is 0 Å². The molecule has 0 fully saturated rings. The number of nitrogens with one attached hydrogen (secondary N) is 1. The molecule has 1 amide bonds. The number of aliphatic hydroxyl groups excluding tert-OH is 1. The quantitative estimate of drug-likeness (QED) is 0.319. The van der Waals surface area contributed by atoms with Gasteiger partial charge in [0.2, 0.25) is 0 Å². The largest absolute Gasteiger partial charge is 0.446 e. The van der Waals surface area contributed by atoms with Crippen LogP contribution in [0.4, 0.5) is 17.6 Å². The lowest BCUT2D eigenvalue weighted by Crippen LogP contribution is -2.50. The van der Waals surface area contributed by atoms with Crippen molar-refractivity contribution in [2.24, 2.45) is 0 Å². The molecule has 0 aliphatic carbocycles. The molecule has 9 heteroatoms.